The van der Waals surface area contributed by atoms with Crippen LogP contribution >= 0.6 is 0 Å². The highest BCUT2D eigenvalue weighted by molar-refractivity contribution is 5.79. The number of hydrogen-bond donors (Lipinski definition) is 1. The maximum absolute atomic E-state index is 12.2. The van der Waals surface area contributed by atoms with Crippen LogP contribution in [0.4, 0.5) is 0 Å². The number of carboxylic acids is 1. The van der Waals surface area contributed by atoms with Gasteiger partial charge in [-0.3, -0.25) is 9.59 Å². The molecule has 0 aromatic heterocycles. The van der Waals surface area contributed by atoms with Crippen molar-refractivity contribution < 1.29 is 14.7 Å². The zero-order valence-corrected chi connectivity index (χ0v) is 11.9. The molecule has 4 heteroatoms. The van der Waals surface area contributed by atoms with Crippen LogP contribution in [-0.4, -0.2) is 35.5 Å². The van der Waals surface area contributed by atoms with Gasteiger partial charge in [0.25, 0.3) is 0 Å². The molecule has 1 fully saturated rings. The Hall–Kier alpha value is -1.06. The van der Waals surface area contributed by atoms with Gasteiger partial charge in [-0.2, -0.15) is 0 Å². The molecule has 0 atom stereocenters. The van der Waals surface area contributed by atoms with Crippen molar-refractivity contribution in [2.75, 3.05) is 13.6 Å². The van der Waals surface area contributed by atoms with Crippen molar-refractivity contribution in [3.8, 4) is 0 Å². The average Bonchev–Trinajstić information content (AvgIpc) is 2.26. The summed E-state index contributed by atoms with van der Waals surface area (Å²) >= 11 is 0. The summed E-state index contributed by atoms with van der Waals surface area (Å²) in [4.78, 5) is 24.9. The number of aliphatic carboxylic acids is 1. The Bertz CT molecular complexity index is 311. The number of nitrogens with zero attached hydrogens (tertiary/aromatic N) is 1. The molecule has 4 nitrogen and oxygen atoms in total. The maximum Gasteiger partial charge on any atom is 0.306 e. The summed E-state index contributed by atoms with van der Waals surface area (Å²) in [6.07, 6.45) is 2.69. The molecule has 0 aliphatic heterocycles. The van der Waals surface area contributed by atoms with E-state index in [1.165, 1.54) is 0 Å². The number of rotatable bonds is 3. The molecular formula is C14H25NO3. The van der Waals surface area contributed by atoms with Crippen LogP contribution in [0.25, 0.3) is 0 Å². The largest absolute Gasteiger partial charge is 0.481 e. The molecule has 18 heavy (non-hydrogen) atoms. The van der Waals surface area contributed by atoms with Crippen LogP contribution in [0.3, 0.4) is 0 Å². The van der Waals surface area contributed by atoms with Gasteiger partial charge in [0.05, 0.1) is 5.92 Å². The van der Waals surface area contributed by atoms with Gasteiger partial charge < -0.3 is 10.0 Å². The van der Waals surface area contributed by atoms with E-state index in [1.807, 2.05) is 7.05 Å². The third-order valence-corrected chi connectivity index (χ3v) is 3.51. The molecule has 0 saturated heterocycles. The molecule has 104 valence electrons. The van der Waals surface area contributed by atoms with Crippen molar-refractivity contribution in [1.29, 1.82) is 0 Å². The minimum atomic E-state index is -0.719. The molecule has 0 bridgehead atoms. The van der Waals surface area contributed by atoms with Gasteiger partial charge in [0.2, 0.25) is 5.91 Å². The molecule has 0 heterocycles. The van der Waals surface area contributed by atoms with Gasteiger partial charge >= 0.3 is 5.97 Å². The SMILES string of the molecule is CN(CC(C)(C)C)C(=O)C1CCC(C(=O)O)CC1. The summed E-state index contributed by atoms with van der Waals surface area (Å²) in [5, 5.41) is 8.93. The average molecular weight is 255 g/mol. The minimum Gasteiger partial charge on any atom is -0.481 e. The van der Waals surface area contributed by atoms with Crippen molar-refractivity contribution in [2.45, 2.75) is 46.5 Å². The van der Waals surface area contributed by atoms with E-state index < -0.39 is 5.97 Å². The van der Waals surface area contributed by atoms with Crippen molar-refractivity contribution >= 4 is 11.9 Å². The minimum absolute atomic E-state index is 0.0212. The quantitative estimate of drug-likeness (QED) is 0.842. The lowest BCUT2D eigenvalue weighted by atomic mass is 9.81. The fourth-order valence-corrected chi connectivity index (χ4v) is 2.69. The molecule has 0 aromatic rings. The fraction of sp³-hybridized carbons (Fsp3) is 0.857. The summed E-state index contributed by atoms with van der Waals surface area (Å²) in [7, 11) is 1.84. The van der Waals surface area contributed by atoms with Crippen LogP contribution in [0.15, 0.2) is 0 Å². The summed E-state index contributed by atoms with van der Waals surface area (Å²) < 4.78 is 0. The van der Waals surface area contributed by atoms with Crippen molar-refractivity contribution in [3.63, 3.8) is 0 Å². The van der Waals surface area contributed by atoms with Crippen LogP contribution in [0.2, 0.25) is 0 Å². The normalized spacial score (nSPS) is 24.7. The lowest BCUT2D eigenvalue weighted by molar-refractivity contribution is -0.145. The molecule has 1 N–H and O–H groups in total. The highest BCUT2D eigenvalue weighted by atomic mass is 16.4. The van der Waals surface area contributed by atoms with E-state index >= 15 is 0 Å². The van der Waals surface area contributed by atoms with Crippen molar-refractivity contribution in [3.05, 3.63) is 0 Å². The number of carbonyl (C=O) groups is 2. The molecule has 1 aliphatic rings. The molecule has 0 aromatic carbocycles. The molecule has 0 unspecified atom stereocenters. The zero-order chi connectivity index (χ0) is 13.9. The van der Waals surface area contributed by atoms with E-state index in [0.717, 1.165) is 6.54 Å². The van der Waals surface area contributed by atoms with Gasteiger partial charge in [-0.1, -0.05) is 20.8 Å². The first-order chi connectivity index (χ1) is 8.20. The van der Waals surface area contributed by atoms with E-state index in [9.17, 15) is 9.59 Å². The van der Waals surface area contributed by atoms with E-state index in [-0.39, 0.29) is 23.2 Å². The van der Waals surface area contributed by atoms with E-state index in [2.05, 4.69) is 20.8 Å². The Labute approximate surface area is 109 Å². The van der Waals surface area contributed by atoms with Gasteiger partial charge in [0, 0.05) is 19.5 Å². The summed E-state index contributed by atoms with van der Waals surface area (Å²) in [6.45, 7) is 7.07. The number of carboxylic acid groups (broad SMARTS) is 1. The van der Waals surface area contributed by atoms with Crippen LogP contribution in [0, 0.1) is 17.3 Å². The van der Waals surface area contributed by atoms with Gasteiger partial charge in [-0.25, -0.2) is 0 Å². The maximum atomic E-state index is 12.2. The summed E-state index contributed by atoms with van der Waals surface area (Å²) in [5.74, 6) is -0.771. The van der Waals surface area contributed by atoms with E-state index in [4.69, 9.17) is 5.11 Å². The first-order valence-corrected chi connectivity index (χ1v) is 6.68. The van der Waals surface area contributed by atoms with Gasteiger partial charge in [-0.05, 0) is 31.1 Å². The van der Waals surface area contributed by atoms with E-state index in [0.29, 0.717) is 25.7 Å². The Balaban J connectivity index is 2.47. The smallest absolute Gasteiger partial charge is 0.306 e. The zero-order valence-electron chi connectivity index (χ0n) is 11.9. The molecule has 1 amide bonds. The first kappa shape index (κ1) is 15.0. The second-order valence-electron chi connectivity index (χ2n) is 6.64. The number of amides is 1. The second-order valence-corrected chi connectivity index (χ2v) is 6.64. The molecule has 0 spiro atoms. The number of carbonyl (C=O) groups excluding carboxylic acids is 1. The highest BCUT2D eigenvalue weighted by Gasteiger charge is 2.31. The Morgan fingerprint density at radius 1 is 1.11 bits per heavy atom. The molecular weight excluding hydrogens is 230 g/mol. The molecule has 1 rings (SSSR count). The standard InChI is InChI=1S/C14H25NO3/c1-14(2,3)9-15(4)12(16)10-5-7-11(8-6-10)13(17)18/h10-11H,5-9H2,1-4H3,(H,17,18). The Morgan fingerprint density at radius 2 is 1.56 bits per heavy atom. The van der Waals surface area contributed by atoms with Gasteiger partial charge in [-0.15, -0.1) is 0 Å². The lowest BCUT2D eigenvalue weighted by Gasteiger charge is -2.32. The third kappa shape index (κ3) is 4.31. The van der Waals surface area contributed by atoms with Crippen LogP contribution < -0.4 is 0 Å². The lowest BCUT2D eigenvalue weighted by Crippen LogP contribution is -2.40. The molecule has 1 aliphatic carbocycles. The second kappa shape index (κ2) is 5.72. The third-order valence-electron chi connectivity index (χ3n) is 3.51. The summed E-state index contributed by atoms with van der Waals surface area (Å²) in [5.41, 5.74) is 0.0999. The van der Waals surface area contributed by atoms with E-state index in [1.54, 1.807) is 4.90 Å². The Morgan fingerprint density at radius 3 is 1.94 bits per heavy atom. The van der Waals surface area contributed by atoms with Gasteiger partial charge in [0.1, 0.15) is 0 Å². The summed E-state index contributed by atoms with van der Waals surface area (Å²) in [6, 6.07) is 0. The Kier molecular flexibility index (Phi) is 4.77. The van der Waals surface area contributed by atoms with Crippen molar-refractivity contribution in [1.82, 2.24) is 4.90 Å². The van der Waals surface area contributed by atoms with Crippen LogP contribution in [0.1, 0.15) is 46.5 Å². The molecule has 1 saturated carbocycles. The van der Waals surface area contributed by atoms with Crippen LogP contribution in [-0.2, 0) is 9.59 Å². The monoisotopic (exact) mass is 255 g/mol. The van der Waals surface area contributed by atoms with Crippen molar-refractivity contribution in [2.24, 2.45) is 17.3 Å². The van der Waals surface area contributed by atoms with Crippen LogP contribution in [0.5, 0.6) is 0 Å². The highest BCUT2D eigenvalue weighted by Crippen LogP contribution is 2.30. The number of hydrogen-bond acceptors (Lipinski definition) is 2. The van der Waals surface area contributed by atoms with Gasteiger partial charge in [0.15, 0.2) is 0 Å². The fourth-order valence-electron chi connectivity index (χ4n) is 2.69. The first-order valence-electron chi connectivity index (χ1n) is 6.68. The molecule has 0 radical (unpaired) electrons. The topological polar surface area (TPSA) is 57.6 Å². The predicted octanol–water partition coefficient (Wildman–Crippen LogP) is 2.38. The predicted molar refractivity (Wildman–Crippen MR) is 70.2 cm³/mol.